The standard InChI is InChI=1S/C36H12Cl6S6/c37-28-29(38)44-34(43-28)22-16-10-4-1-7-13(16)19-25(22)20-15-9-3-6-12-18(15)24(36-47-32(41)33(42)48-36)27(20)21-14-8-2-5-11-17(14)23(26(19)21)35-45-30(39)31(40)46-35/h1-12H. The number of rotatable bonds is 0. The van der Waals surface area contributed by atoms with E-state index in [0.29, 0.717) is 26.2 Å². The Balaban J connectivity index is 1.43. The van der Waals surface area contributed by atoms with Crippen LogP contribution in [0.5, 0.6) is 0 Å². The van der Waals surface area contributed by atoms with Crippen LogP contribution in [-0.2, 0) is 0 Å². The summed E-state index contributed by atoms with van der Waals surface area (Å²) in [6, 6.07) is 26.0. The molecule has 10 rings (SSSR count). The molecule has 4 aromatic carbocycles. The largest absolute Gasteiger partial charge is 0.104 e. The highest BCUT2D eigenvalue weighted by atomic mass is 35.5. The van der Waals surface area contributed by atoms with E-state index in [1.165, 1.54) is 121 Å². The second kappa shape index (κ2) is 11.8. The van der Waals surface area contributed by atoms with E-state index in [2.05, 4.69) is 72.8 Å². The molecule has 0 amide bonds. The van der Waals surface area contributed by atoms with E-state index in [-0.39, 0.29) is 0 Å². The number of thioether (sulfide) groups is 6. The van der Waals surface area contributed by atoms with Gasteiger partial charge in [-0.25, -0.2) is 0 Å². The van der Waals surface area contributed by atoms with Crippen molar-refractivity contribution in [2.24, 2.45) is 0 Å². The minimum Gasteiger partial charge on any atom is -0.0741 e. The van der Waals surface area contributed by atoms with E-state index in [1.54, 1.807) is 0 Å². The van der Waals surface area contributed by atoms with Crippen molar-refractivity contribution in [1.29, 1.82) is 0 Å². The van der Waals surface area contributed by atoms with Gasteiger partial charge in [0, 0.05) is 33.4 Å². The number of benzene rings is 4. The molecule has 0 N–H and O–H groups in total. The average molecular weight is 850 g/mol. The lowest BCUT2D eigenvalue weighted by Crippen LogP contribution is -1.98. The zero-order valence-corrected chi connectivity index (χ0v) is 33.1. The van der Waals surface area contributed by atoms with Crippen LogP contribution >= 0.6 is 140 Å². The third kappa shape index (κ3) is 4.48. The molecule has 6 aliphatic rings. The third-order valence-corrected chi connectivity index (χ3v) is 18.8. The van der Waals surface area contributed by atoms with E-state index in [9.17, 15) is 0 Å². The van der Waals surface area contributed by atoms with Crippen molar-refractivity contribution < 1.29 is 0 Å². The summed E-state index contributed by atoms with van der Waals surface area (Å²) in [5.41, 5.74) is 17.6. The molecular weight excluding hydrogens is 838 g/mol. The molecule has 0 bridgehead atoms. The average Bonchev–Trinajstić information content (AvgIpc) is 3.91. The minimum absolute atomic E-state index is 0.592. The molecule has 0 unspecified atom stereocenters. The molecular formula is C36H12Cl6S6. The molecule has 12 heteroatoms. The highest BCUT2D eigenvalue weighted by molar-refractivity contribution is 8.31. The van der Waals surface area contributed by atoms with Gasteiger partial charge < -0.3 is 0 Å². The van der Waals surface area contributed by atoms with Crippen LogP contribution in [-0.4, -0.2) is 0 Å². The number of halogens is 6. The molecule has 3 aliphatic carbocycles. The second-order valence-electron chi connectivity index (χ2n) is 11.1. The molecule has 0 atom stereocenters. The summed E-state index contributed by atoms with van der Waals surface area (Å²) in [6.07, 6.45) is 0. The van der Waals surface area contributed by atoms with Crippen molar-refractivity contribution in [3.05, 3.63) is 145 Å². The summed E-state index contributed by atoms with van der Waals surface area (Å²) in [5, 5.41) is 0. The van der Waals surface area contributed by atoms with Gasteiger partial charge in [0.2, 0.25) is 0 Å². The predicted octanol–water partition coefficient (Wildman–Crippen LogP) is 16.0. The first kappa shape index (κ1) is 31.9. The summed E-state index contributed by atoms with van der Waals surface area (Å²) in [6.45, 7) is 0. The van der Waals surface area contributed by atoms with Crippen molar-refractivity contribution in [3.8, 4) is 33.4 Å². The van der Waals surface area contributed by atoms with Crippen LogP contribution in [0.4, 0.5) is 0 Å². The van der Waals surface area contributed by atoms with E-state index < -0.39 is 0 Å². The first-order valence-electron chi connectivity index (χ1n) is 14.3. The molecule has 0 saturated carbocycles. The summed E-state index contributed by atoms with van der Waals surface area (Å²) in [7, 11) is 0. The zero-order chi connectivity index (χ0) is 32.6. The molecule has 0 aromatic heterocycles. The van der Waals surface area contributed by atoms with Crippen molar-refractivity contribution in [3.63, 3.8) is 0 Å². The smallest absolute Gasteiger partial charge is 0.0741 e. The Labute approximate surface area is 331 Å². The Morgan fingerprint density at radius 2 is 0.479 bits per heavy atom. The monoisotopic (exact) mass is 846 g/mol. The van der Waals surface area contributed by atoms with Crippen LogP contribution in [0, 0.1) is 0 Å². The third-order valence-electron chi connectivity index (χ3n) is 8.82. The zero-order valence-electron chi connectivity index (χ0n) is 23.6. The Morgan fingerprint density at radius 1 is 0.271 bits per heavy atom. The predicted molar refractivity (Wildman–Crippen MR) is 223 cm³/mol. The lowest BCUT2D eigenvalue weighted by molar-refractivity contribution is 1.58. The van der Waals surface area contributed by atoms with E-state index in [1.807, 2.05) is 0 Å². The van der Waals surface area contributed by atoms with Crippen molar-refractivity contribution in [1.82, 2.24) is 0 Å². The maximum absolute atomic E-state index is 6.69. The van der Waals surface area contributed by atoms with E-state index in [4.69, 9.17) is 69.6 Å². The fourth-order valence-corrected chi connectivity index (χ4v) is 16.2. The Hall–Kier alpha value is -0.840. The summed E-state index contributed by atoms with van der Waals surface area (Å²) in [5.74, 6) is 0. The van der Waals surface area contributed by atoms with Gasteiger partial charge in [-0.15, -0.1) is 0 Å². The van der Waals surface area contributed by atoms with Crippen LogP contribution in [0.15, 0.2) is 112 Å². The molecule has 0 fully saturated rings. The van der Waals surface area contributed by atoms with Crippen molar-refractivity contribution >= 4 is 157 Å². The topological polar surface area (TPSA) is 0 Å². The molecule has 0 nitrogen and oxygen atoms in total. The van der Waals surface area contributed by atoms with Gasteiger partial charge in [0.15, 0.2) is 0 Å². The molecule has 3 aliphatic heterocycles. The lowest BCUT2D eigenvalue weighted by Gasteiger charge is -2.20. The number of fused-ring (bicyclic) bond motifs is 12. The maximum atomic E-state index is 6.69. The Bertz CT molecular complexity index is 2130. The summed E-state index contributed by atoms with van der Waals surface area (Å²) in [4.78, 5) is 0. The highest BCUT2D eigenvalue weighted by Gasteiger charge is 2.46. The first-order chi connectivity index (χ1) is 23.3. The molecule has 3 heterocycles. The highest BCUT2D eigenvalue weighted by Crippen LogP contribution is 2.70. The van der Waals surface area contributed by atoms with E-state index >= 15 is 0 Å². The van der Waals surface area contributed by atoms with Gasteiger partial charge in [-0.3, -0.25) is 0 Å². The fraction of sp³-hybridized carbons (Fsp3) is 0. The molecule has 4 aromatic rings. The van der Waals surface area contributed by atoms with Gasteiger partial charge in [-0.2, -0.15) is 0 Å². The Kier molecular flexibility index (Phi) is 7.86. The van der Waals surface area contributed by atoms with Crippen LogP contribution in [0.3, 0.4) is 0 Å². The fourth-order valence-electron chi connectivity index (χ4n) is 7.20. The van der Waals surface area contributed by atoms with Crippen LogP contribution in [0.2, 0.25) is 0 Å². The normalized spacial score (nSPS) is 18.9. The van der Waals surface area contributed by atoms with Gasteiger partial charge in [0.25, 0.3) is 0 Å². The molecule has 234 valence electrons. The van der Waals surface area contributed by atoms with Gasteiger partial charge in [0.1, 0.15) is 26.2 Å². The number of hydrogen-bond donors (Lipinski definition) is 0. The van der Waals surface area contributed by atoms with Crippen molar-refractivity contribution in [2.45, 2.75) is 0 Å². The van der Waals surface area contributed by atoms with E-state index in [0.717, 1.165) is 46.1 Å². The van der Waals surface area contributed by atoms with Crippen LogP contribution in [0.1, 0.15) is 33.4 Å². The maximum Gasteiger partial charge on any atom is 0.104 e. The lowest BCUT2D eigenvalue weighted by atomic mass is 9.84. The summed E-state index contributed by atoms with van der Waals surface area (Å²) < 4.78 is 6.75. The molecule has 0 saturated heterocycles. The Morgan fingerprint density at radius 3 is 0.708 bits per heavy atom. The van der Waals surface area contributed by atoms with Crippen LogP contribution in [0.25, 0.3) is 50.1 Å². The molecule has 48 heavy (non-hydrogen) atoms. The second-order valence-corrected chi connectivity index (χ2v) is 21.6. The van der Waals surface area contributed by atoms with Gasteiger partial charge >= 0.3 is 0 Å². The quantitative estimate of drug-likeness (QED) is 0.148. The minimum atomic E-state index is 0.592. The molecule has 0 spiro atoms. The molecule has 0 radical (unpaired) electrons. The number of hydrogen-bond acceptors (Lipinski definition) is 6. The SMILES string of the molecule is ClC1=C(Cl)SC(=C2c3ccccc3-c3c2c2c(c4c3C(=C3SC(Cl)=C(Cl)S3)c3ccccc3-4)C(=C3SC(Cl)=C(Cl)S3)c3ccccc3-2)S1. The van der Waals surface area contributed by atoms with Gasteiger partial charge in [-0.1, -0.05) is 213 Å². The first-order valence-corrected chi connectivity index (χ1v) is 21.5. The van der Waals surface area contributed by atoms with Crippen molar-refractivity contribution in [2.75, 3.05) is 0 Å². The van der Waals surface area contributed by atoms with Gasteiger partial charge in [0.05, 0.1) is 12.7 Å². The summed E-state index contributed by atoms with van der Waals surface area (Å²) >= 11 is 49.3. The van der Waals surface area contributed by atoms with Crippen LogP contribution < -0.4 is 0 Å². The van der Waals surface area contributed by atoms with Gasteiger partial charge in [-0.05, 0) is 50.1 Å².